The van der Waals surface area contributed by atoms with Crippen LogP contribution in [0.5, 0.6) is 0 Å². The first-order valence-electron chi connectivity index (χ1n) is 11.1. The molecule has 29 heavy (non-hydrogen) atoms. The van der Waals surface area contributed by atoms with Gasteiger partial charge in [-0.05, 0) is 58.3 Å². The molecule has 0 bridgehead atoms. The molecule has 0 amide bonds. The fourth-order valence-electron chi connectivity index (χ4n) is 3.68. The molecule has 1 unspecified atom stereocenters. The molecular weight excluding hydrogens is 368 g/mol. The van der Waals surface area contributed by atoms with Gasteiger partial charge in [-0.25, -0.2) is 4.79 Å². The Hall–Kier alpha value is -1.75. The number of ether oxygens (including phenoxy) is 1. The van der Waals surface area contributed by atoms with E-state index in [0.717, 1.165) is 25.7 Å². The van der Waals surface area contributed by atoms with E-state index in [1.807, 2.05) is 25.2 Å². The molecule has 1 fully saturated rings. The predicted octanol–water partition coefficient (Wildman–Crippen LogP) is 4.72. The minimum absolute atomic E-state index is 0.00394. The van der Waals surface area contributed by atoms with Gasteiger partial charge in [0.05, 0.1) is 12.2 Å². The lowest BCUT2D eigenvalue weighted by Gasteiger charge is -2.21. The number of hydrogen-bond donors (Lipinski definition) is 1. The maximum absolute atomic E-state index is 12.2. The second-order valence-electron chi connectivity index (χ2n) is 8.25. The van der Waals surface area contributed by atoms with Crippen molar-refractivity contribution in [1.82, 2.24) is 0 Å². The highest BCUT2D eigenvalue weighted by molar-refractivity contribution is 6.33. The van der Waals surface area contributed by atoms with Crippen LogP contribution < -0.4 is 0 Å². The maximum atomic E-state index is 12.2. The number of esters is 1. The molecule has 0 aromatic carbocycles. The number of unbranched alkanes of at least 4 members (excludes halogenated alkanes) is 2. The lowest BCUT2D eigenvalue weighted by Crippen LogP contribution is -2.22. The summed E-state index contributed by atoms with van der Waals surface area (Å²) in [6.45, 7) is 5.88. The molecule has 0 heterocycles. The molecule has 1 aliphatic rings. The van der Waals surface area contributed by atoms with Crippen LogP contribution in [-0.2, 0) is 19.1 Å². The van der Waals surface area contributed by atoms with Gasteiger partial charge in [0.25, 0.3) is 0 Å². The van der Waals surface area contributed by atoms with Crippen molar-refractivity contribution in [2.24, 2.45) is 11.8 Å². The largest absolute Gasteiger partial charge is 0.460 e. The predicted molar refractivity (Wildman–Crippen MR) is 114 cm³/mol. The topological polar surface area (TPSA) is 80.7 Å². The number of carbonyl (C=O) groups excluding carboxylic acids is 3. The summed E-state index contributed by atoms with van der Waals surface area (Å²) in [7, 11) is 0. The first kappa shape index (κ1) is 25.3. The lowest BCUT2D eigenvalue weighted by atomic mass is 9.89. The van der Waals surface area contributed by atoms with Gasteiger partial charge >= 0.3 is 5.97 Å². The second-order valence-corrected chi connectivity index (χ2v) is 8.25. The molecule has 5 heteroatoms. The molecule has 0 aliphatic heterocycles. The second kappa shape index (κ2) is 13.5. The Balaban J connectivity index is 2.38. The third-order valence-electron chi connectivity index (χ3n) is 5.50. The van der Waals surface area contributed by atoms with Gasteiger partial charge < -0.3 is 9.84 Å². The average Bonchev–Trinajstić information content (AvgIpc) is 3.02. The van der Waals surface area contributed by atoms with Gasteiger partial charge in [0.2, 0.25) is 5.78 Å². The van der Waals surface area contributed by atoms with Gasteiger partial charge in [-0.3, -0.25) is 9.59 Å². The van der Waals surface area contributed by atoms with E-state index in [2.05, 4.69) is 17.7 Å². The van der Waals surface area contributed by atoms with Gasteiger partial charge in [0.1, 0.15) is 5.78 Å². The number of ketones is 2. The third-order valence-corrected chi connectivity index (χ3v) is 5.50. The Morgan fingerprint density at radius 1 is 1.21 bits per heavy atom. The normalized spacial score (nSPS) is 21.7. The fourth-order valence-corrected chi connectivity index (χ4v) is 3.68. The van der Waals surface area contributed by atoms with Crippen molar-refractivity contribution in [2.75, 3.05) is 6.61 Å². The first-order valence-corrected chi connectivity index (χ1v) is 11.1. The molecule has 0 radical (unpaired) electrons. The zero-order chi connectivity index (χ0) is 21.7. The summed E-state index contributed by atoms with van der Waals surface area (Å²) in [4.78, 5) is 35.0. The van der Waals surface area contributed by atoms with E-state index in [-0.39, 0.29) is 24.9 Å². The zero-order valence-electron chi connectivity index (χ0n) is 18.3. The Morgan fingerprint density at radius 2 is 1.97 bits per heavy atom. The lowest BCUT2D eigenvalue weighted by molar-refractivity contribution is -0.153. The van der Waals surface area contributed by atoms with E-state index in [1.54, 1.807) is 6.92 Å². The molecule has 0 aromatic rings. The summed E-state index contributed by atoms with van der Waals surface area (Å²) < 4.78 is 4.68. The van der Waals surface area contributed by atoms with Crippen molar-refractivity contribution in [3.63, 3.8) is 0 Å². The Kier molecular flexibility index (Phi) is 11.7. The van der Waals surface area contributed by atoms with Crippen molar-refractivity contribution >= 4 is 17.5 Å². The highest BCUT2D eigenvalue weighted by atomic mass is 16.5. The van der Waals surface area contributed by atoms with Crippen molar-refractivity contribution in [3.8, 4) is 0 Å². The van der Waals surface area contributed by atoms with Gasteiger partial charge in [-0.15, -0.1) is 0 Å². The summed E-state index contributed by atoms with van der Waals surface area (Å²) in [5.74, 6) is -0.689. The highest BCUT2D eigenvalue weighted by Crippen LogP contribution is 2.33. The Bertz CT molecular complexity index is 588. The summed E-state index contributed by atoms with van der Waals surface area (Å²) in [6.07, 6.45) is 15.3. The Morgan fingerprint density at radius 3 is 2.66 bits per heavy atom. The SMILES string of the molecule is CCCCC(C)(O)CC=C[C@H]1CCC(=O)[C@@H]1CC=CCCCC(=O)C(=O)OCC. The molecular formula is C24H38O5. The quantitative estimate of drug-likeness (QED) is 0.195. The molecule has 0 saturated heterocycles. The summed E-state index contributed by atoms with van der Waals surface area (Å²) in [6, 6.07) is 0. The van der Waals surface area contributed by atoms with Crippen molar-refractivity contribution < 1.29 is 24.2 Å². The number of allylic oxidation sites excluding steroid dienone is 3. The van der Waals surface area contributed by atoms with Crippen LogP contribution in [0.3, 0.4) is 0 Å². The smallest absolute Gasteiger partial charge is 0.374 e. The summed E-state index contributed by atoms with van der Waals surface area (Å²) in [5.41, 5.74) is -0.675. The van der Waals surface area contributed by atoms with E-state index in [1.165, 1.54) is 0 Å². The Labute approximate surface area is 175 Å². The average molecular weight is 407 g/mol. The van der Waals surface area contributed by atoms with E-state index in [9.17, 15) is 19.5 Å². The molecule has 1 saturated carbocycles. The van der Waals surface area contributed by atoms with Crippen LogP contribution in [0.2, 0.25) is 0 Å². The van der Waals surface area contributed by atoms with E-state index >= 15 is 0 Å². The van der Waals surface area contributed by atoms with Gasteiger partial charge in [0.15, 0.2) is 0 Å². The van der Waals surface area contributed by atoms with Crippen LogP contribution in [0.25, 0.3) is 0 Å². The minimum Gasteiger partial charge on any atom is -0.460 e. The van der Waals surface area contributed by atoms with E-state index in [0.29, 0.717) is 37.9 Å². The monoisotopic (exact) mass is 406 g/mol. The molecule has 0 aromatic heterocycles. The summed E-state index contributed by atoms with van der Waals surface area (Å²) >= 11 is 0. The van der Waals surface area contributed by atoms with Crippen LogP contribution in [0.4, 0.5) is 0 Å². The van der Waals surface area contributed by atoms with Crippen LogP contribution >= 0.6 is 0 Å². The molecule has 164 valence electrons. The fraction of sp³-hybridized carbons (Fsp3) is 0.708. The maximum Gasteiger partial charge on any atom is 0.374 e. The molecule has 1 N–H and O–H groups in total. The number of aliphatic hydroxyl groups is 1. The molecule has 5 nitrogen and oxygen atoms in total. The number of carbonyl (C=O) groups is 3. The van der Waals surface area contributed by atoms with Crippen molar-refractivity contribution in [2.45, 2.75) is 90.6 Å². The van der Waals surface area contributed by atoms with Gasteiger partial charge in [-0.2, -0.15) is 0 Å². The van der Waals surface area contributed by atoms with Crippen LogP contribution in [0.1, 0.15) is 85.0 Å². The van der Waals surface area contributed by atoms with Crippen LogP contribution in [-0.4, -0.2) is 34.9 Å². The molecule has 1 rings (SSSR count). The van der Waals surface area contributed by atoms with Crippen LogP contribution in [0.15, 0.2) is 24.3 Å². The van der Waals surface area contributed by atoms with Gasteiger partial charge in [0, 0.05) is 18.8 Å². The molecule has 0 spiro atoms. The molecule has 1 aliphatic carbocycles. The minimum atomic E-state index is -0.753. The number of Topliss-reactive ketones (excluding diaryl/α,β-unsaturated/α-hetero) is 2. The first-order chi connectivity index (χ1) is 13.8. The number of rotatable bonds is 14. The zero-order valence-corrected chi connectivity index (χ0v) is 18.3. The highest BCUT2D eigenvalue weighted by Gasteiger charge is 2.32. The van der Waals surface area contributed by atoms with Crippen LogP contribution in [0, 0.1) is 11.8 Å². The van der Waals surface area contributed by atoms with Crippen molar-refractivity contribution in [3.05, 3.63) is 24.3 Å². The van der Waals surface area contributed by atoms with Crippen molar-refractivity contribution in [1.29, 1.82) is 0 Å². The number of hydrogen-bond acceptors (Lipinski definition) is 5. The summed E-state index contributed by atoms with van der Waals surface area (Å²) in [5, 5.41) is 10.4. The standard InChI is InChI=1S/C24H38O5/c1-4-6-17-24(3,28)18-11-12-19-15-16-21(25)20(19)13-9-7-8-10-14-22(26)23(27)29-5-2/h7,9,11-12,19-20,28H,4-6,8,10,13-18H2,1-3H3/t19-,20+,24?/m0/s1. The van der Waals surface area contributed by atoms with Gasteiger partial charge in [-0.1, -0.05) is 44.1 Å². The molecule has 3 atom stereocenters. The third kappa shape index (κ3) is 10.0. The van der Waals surface area contributed by atoms with E-state index in [4.69, 9.17) is 0 Å². The van der Waals surface area contributed by atoms with E-state index < -0.39 is 17.4 Å².